The van der Waals surface area contributed by atoms with Gasteiger partial charge in [-0.3, -0.25) is 4.79 Å². The molecule has 0 radical (unpaired) electrons. The molecular formula is C11H18N4O8. The standard InChI is InChI=1S/C11H18N4O8/c1-4(16)14-7-5(17)2-11(22,10(20)21)23-9(7)8(19)6(18)3-13-15-12/h5-9,17-19,22H,2-3H2,1H3,(H,14,16)(H,20,21). The smallest absolute Gasteiger partial charge is 0.364 e. The minimum absolute atomic E-state index is 0.564. The summed E-state index contributed by atoms with van der Waals surface area (Å²) in [5.41, 5.74) is 8.20. The Hall–Kier alpha value is -1.95. The fourth-order valence-electron chi connectivity index (χ4n) is 2.26. The van der Waals surface area contributed by atoms with Crippen molar-refractivity contribution >= 4 is 11.9 Å². The van der Waals surface area contributed by atoms with E-state index in [1.807, 2.05) is 0 Å². The number of nitrogens with one attached hydrogen (secondary N) is 1. The first-order valence-electron chi connectivity index (χ1n) is 6.58. The minimum Gasteiger partial charge on any atom is -0.477 e. The molecular weight excluding hydrogens is 316 g/mol. The quantitative estimate of drug-likeness (QED) is 0.173. The van der Waals surface area contributed by atoms with Gasteiger partial charge in [0.15, 0.2) is 0 Å². The molecule has 0 aromatic rings. The lowest BCUT2D eigenvalue weighted by molar-refractivity contribution is -0.294. The number of rotatable bonds is 6. The predicted molar refractivity (Wildman–Crippen MR) is 71.7 cm³/mol. The molecule has 0 aromatic heterocycles. The highest BCUT2D eigenvalue weighted by Gasteiger charge is 2.53. The van der Waals surface area contributed by atoms with Crippen molar-refractivity contribution in [1.82, 2.24) is 5.32 Å². The van der Waals surface area contributed by atoms with Gasteiger partial charge in [-0.1, -0.05) is 5.11 Å². The zero-order chi connectivity index (χ0) is 17.8. The first-order valence-corrected chi connectivity index (χ1v) is 6.58. The lowest BCUT2D eigenvalue weighted by Crippen LogP contribution is -2.67. The molecule has 1 fully saturated rings. The molecule has 12 nitrogen and oxygen atoms in total. The Morgan fingerprint density at radius 2 is 2.13 bits per heavy atom. The van der Waals surface area contributed by atoms with Gasteiger partial charge in [0.1, 0.15) is 12.2 Å². The summed E-state index contributed by atoms with van der Waals surface area (Å²) in [5, 5.41) is 53.9. The molecule has 0 aromatic carbocycles. The average molecular weight is 334 g/mol. The van der Waals surface area contributed by atoms with Crippen LogP contribution in [0.1, 0.15) is 13.3 Å². The van der Waals surface area contributed by atoms with Gasteiger partial charge >= 0.3 is 5.97 Å². The van der Waals surface area contributed by atoms with Gasteiger partial charge in [0.2, 0.25) is 5.91 Å². The number of hydrogen-bond acceptors (Lipinski definition) is 8. The maximum atomic E-state index is 11.2. The number of carbonyl (C=O) groups excluding carboxylic acids is 1. The Kier molecular flexibility index (Phi) is 6.27. The molecule has 6 N–H and O–H groups in total. The number of ether oxygens (including phenoxy) is 1. The lowest BCUT2D eigenvalue weighted by Gasteiger charge is -2.44. The average Bonchev–Trinajstić information content (AvgIpc) is 2.46. The van der Waals surface area contributed by atoms with Crippen LogP contribution >= 0.6 is 0 Å². The minimum atomic E-state index is -2.81. The Morgan fingerprint density at radius 1 is 1.52 bits per heavy atom. The number of aliphatic hydroxyl groups excluding tert-OH is 3. The molecule has 1 saturated heterocycles. The summed E-state index contributed by atoms with van der Waals surface area (Å²) in [7, 11) is 0. The summed E-state index contributed by atoms with van der Waals surface area (Å²) in [6.07, 6.45) is -7.51. The Morgan fingerprint density at radius 3 is 2.61 bits per heavy atom. The second kappa shape index (κ2) is 7.55. The molecule has 0 spiro atoms. The molecule has 1 aliphatic heterocycles. The number of carboxylic acid groups (broad SMARTS) is 1. The number of azide groups is 1. The molecule has 0 saturated carbocycles. The molecule has 0 bridgehead atoms. The Balaban J connectivity index is 3.08. The third-order valence-electron chi connectivity index (χ3n) is 3.35. The topological polar surface area (TPSA) is 205 Å². The van der Waals surface area contributed by atoms with Gasteiger partial charge in [-0.25, -0.2) is 4.79 Å². The highest BCUT2D eigenvalue weighted by atomic mass is 16.7. The van der Waals surface area contributed by atoms with Gasteiger partial charge in [-0.05, 0) is 5.53 Å². The van der Waals surface area contributed by atoms with Crippen LogP contribution in [0.15, 0.2) is 5.11 Å². The van der Waals surface area contributed by atoms with Crippen LogP contribution in [0.5, 0.6) is 0 Å². The summed E-state index contributed by atoms with van der Waals surface area (Å²) in [6.45, 7) is 0.552. The molecule has 12 heteroatoms. The second-order valence-electron chi connectivity index (χ2n) is 5.14. The first kappa shape index (κ1) is 19.1. The van der Waals surface area contributed by atoms with E-state index in [-0.39, 0.29) is 0 Å². The van der Waals surface area contributed by atoms with Crippen molar-refractivity contribution in [3.05, 3.63) is 10.4 Å². The lowest BCUT2D eigenvalue weighted by atomic mass is 9.88. The van der Waals surface area contributed by atoms with E-state index in [4.69, 9.17) is 15.4 Å². The van der Waals surface area contributed by atoms with Crippen LogP contribution in [0.25, 0.3) is 10.4 Å². The van der Waals surface area contributed by atoms with E-state index < -0.39 is 61.1 Å². The maximum Gasteiger partial charge on any atom is 0.364 e. The van der Waals surface area contributed by atoms with Crippen molar-refractivity contribution in [2.24, 2.45) is 5.11 Å². The third-order valence-corrected chi connectivity index (χ3v) is 3.35. The van der Waals surface area contributed by atoms with Gasteiger partial charge in [0.05, 0.1) is 24.8 Å². The molecule has 1 aliphatic rings. The SMILES string of the molecule is CC(=O)NC1C(O)CC(O)(C(=O)O)OC1C(O)C(O)CN=[N+]=[N-]. The van der Waals surface area contributed by atoms with Gasteiger partial charge in [0, 0.05) is 18.3 Å². The summed E-state index contributed by atoms with van der Waals surface area (Å²) >= 11 is 0. The van der Waals surface area contributed by atoms with Crippen molar-refractivity contribution < 1.29 is 39.9 Å². The number of amides is 1. The molecule has 6 atom stereocenters. The third kappa shape index (κ3) is 4.51. The van der Waals surface area contributed by atoms with E-state index in [0.29, 0.717) is 0 Å². The Bertz CT molecular complexity index is 510. The normalized spacial score (nSPS) is 33.2. The molecule has 1 heterocycles. The van der Waals surface area contributed by atoms with Crippen LogP contribution in [-0.2, 0) is 14.3 Å². The van der Waals surface area contributed by atoms with Crippen molar-refractivity contribution in [2.75, 3.05) is 6.54 Å². The second-order valence-corrected chi connectivity index (χ2v) is 5.14. The highest BCUT2D eigenvalue weighted by Crippen LogP contribution is 2.30. The number of carbonyl (C=O) groups is 2. The molecule has 23 heavy (non-hydrogen) atoms. The maximum absolute atomic E-state index is 11.2. The Labute approximate surface area is 129 Å². The van der Waals surface area contributed by atoms with Gasteiger partial charge in [-0.2, -0.15) is 0 Å². The number of hydrogen-bond donors (Lipinski definition) is 6. The van der Waals surface area contributed by atoms with E-state index in [2.05, 4.69) is 15.3 Å². The van der Waals surface area contributed by atoms with Crippen molar-refractivity contribution in [2.45, 2.75) is 49.6 Å². The van der Waals surface area contributed by atoms with E-state index in [9.17, 15) is 30.0 Å². The van der Waals surface area contributed by atoms with Crippen LogP contribution in [-0.4, -0.2) is 80.2 Å². The van der Waals surface area contributed by atoms with Crippen LogP contribution in [0.4, 0.5) is 0 Å². The van der Waals surface area contributed by atoms with E-state index in [0.717, 1.165) is 6.92 Å². The van der Waals surface area contributed by atoms with Crippen LogP contribution in [0.2, 0.25) is 0 Å². The zero-order valence-electron chi connectivity index (χ0n) is 12.1. The number of aliphatic carboxylic acids is 1. The van der Waals surface area contributed by atoms with Gasteiger partial charge < -0.3 is 35.6 Å². The summed E-state index contributed by atoms with van der Waals surface area (Å²) in [5.74, 6) is -5.22. The highest BCUT2D eigenvalue weighted by molar-refractivity contribution is 5.76. The number of nitrogens with zero attached hydrogens (tertiary/aromatic N) is 3. The van der Waals surface area contributed by atoms with E-state index >= 15 is 0 Å². The van der Waals surface area contributed by atoms with Crippen LogP contribution < -0.4 is 5.32 Å². The summed E-state index contributed by atoms with van der Waals surface area (Å²) in [4.78, 5) is 24.7. The fraction of sp³-hybridized carbons (Fsp3) is 0.818. The largest absolute Gasteiger partial charge is 0.477 e. The van der Waals surface area contributed by atoms with Crippen molar-refractivity contribution in [3.63, 3.8) is 0 Å². The summed E-state index contributed by atoms with van der Waals surface area (Å²) < 4.78 is 4.92. The van der Waals surface area contributed by atoms with Crippen LogP contribution in [0.3, 0.4) is 0 Å². The monoisotopic (exact) mass is 334 g/mol. The van der Waals surface area contributed by atoms with Gasteiger partial charge in [0.25, 0.3) is 5.79 Å². The molecule has 6 unspecified atom stereocenters. The molecule has 130 valence electrons. The number of aliphatic hydroxyl groups is 4. The zero-order valence-corrected chi connectivity index (χ0v) is 12.1. The molecule has 1 amide bonds. The summed E-state index contributed by atoms with van der Waals surface area (Å²) in [6, 6.07) is -1.29. The molecule has 0 aliphatic carbocycles. The van der Waals surface area contributed by atoms with Gasteiger partial charge in [-0.15, -0.1) is 0 Å². The number of carboxylic acids is 1. The van der Waals surface area contributed by atoms with E-state index in [1.54, 1.807) is 0 Å². The van der Waals surface area contributed by atoms with Crippen molar-refractivity contribution in [1.29, 1.82) is 0 Å². The molecule has 1 rings (SSSR count). The van der Waals surface area contributed by atoms with Crippen LogP contribution in [0, 0.1) is 0 Å². The predicted octanol–water partition coefficient (Wildman–Crippen LogP) is -2.55. The van der Waals surface area contributed by atoms with E-state index in [1.165, 1.54) is 0 Å². The fourth-order valence-corrected chi connectivity index (χ4v) is 2.26. The first-order chi connectivity index (χ1) is 10.6. The van der Waals surface area contributed by atoms with Crippen molar-refractivity contribution in [3.8, 4) is 0 Å².